The molecule has 0 saturated heterocycles. The summed E-state index contributed by atoms with van der Waals surface area (Å²) in [5.74, 6) is -0.987. The topological polar surface area (TPSA) is 75.6 Å². The van der Waals surface area contributed by atoms with Gasteiger partial charge in [-0.25, -0.2) is 9.59 Å². The van der Waals surface area contributed by atoms with E-state index in [9.17, 15) is 9.59 Å². The van der Waals surface area contributed by atoms with Crippen LogP contribution in [-0.4, -0.2) is 17.2 Å². The van der Waals surface area contributed by atoms with Gasteiger partial charge in [0.05, 0.1) is 5.69 Å². The maximum absolute atomic E-state index is 11.4. The Labute approximate surface area is 110 Å². The second-order valence-electron chi connectivity index (χ2n) is 4.95. The van der Waals surface area contributed by atoms with Crippen LogP contribution in [0.1, 0.15) is 31.9 Å². The van der Waals surface area contributed by atoms with Gasteiger partial charge < -0.3 is 9.84 Å². The van der Waals surface area contributed by atoms with E-state index in [1.165, 1.54) is 0 Å². The SMILES string of the molecule is CC(=CC(=O)O)c1ccc2c(c1)C(C)(C)OC(=O)N2. The van der Waals surface area contributed by atoms with Crippen LogP contribution in [0.2, 0.25) is 0 Å². The van der Waals surface area contributed by atoms with Gasteiger partial charge >= 0.3 is 12.1 Å². The first-order chi connectivity index (χ1) is 8.79. The van der Waals surface area contributed by atoms with Crippen LogP contribution in [0.5, 0.6) is 0 Å². The zero-order valence-electron chi connectivity index (χ0n) is 11.0. The van der Waals surface area contributed by atoms with Crippen molar-refractivity contribution in [1.29, 1.82) is 0 Å². The summed E-state index contributed by atoms with van der Waals surface area (Å²) in [4.78, 5) is 22.1. The molecule has 0 fully saturated rings. The van der Waals surface area contributed by atoms with Gasteiger partial charge in [0, 0.05) is 11.6 Å². The van der Waals surface area contributed by atoms with E-state index >= 15 is 0 Å². The van der Waals surface area contributed by atoms with E-state index in [1.807, 2.05) is 6.07 Å². The number of ether oxygens (including phenoxy) is 1. The number of fused-ring (bicyclic) bond motifs is 1. The molecule has 1 heterocycles. The Hall–Kier alpha value is -2.30. The summed E-state index contributed by atoms with van der Waals surface area (Å²) < 4.78 is 5.23. The molecule has 0 spiro atoms. The summed E-state index contributed by atoms with van der Waals surface area (Å²) in [5, 5.41) is 11.4. The van der Waals surface area contributed by atoms with E-state index in [2.05, 4.69) is 5.32 Å². The molecule has 19 heavy (non-hydrogen) atoms. The Kier molecular flexibility index (Phi) is 3.06. The lowest BCUT2D eigenvalue weighted by molar-refractivity contribution is -0.131. The minimum absolute atomic E-state index is 0.483. The molecule has 1 aromatic carbocycles. The van der Waals surface area contributed by atoms with E-state index < -0.39 is 17.7 Å². The largest absolute Gasteiger partial charge is 0.478 e. The Balaban J connectivity index is 2.49. The third-order valence-electron chi connectivity index (χ3n) is 3.05. The Morgan fingerprint density at radius 1 is 1.42 bits per heavy atom. The highest BCUT2D eigenvalue weighted by atomic mass is 16.6. The summed E-state index contributed by atoms with van der Waals surface area (Å²) >= 11 is 0. The average Bonchev–Trinajstić information content (AvgIpc) is 2.26. The lowest BCUT2D eigenvalue weighted by Gasteiger charge is -2.32. The smallest absolute Gasteiger partial charge is 0.412 e. The van der Waals surface area contributed by atoms with Gasteiger partial charge in [-0.05, 0) is 44.0 Å². The quantitative estimate of drug-likeness (QED) is 0.802. The zero-order chi connectivity index (χ0) is 14.2. The number of carboxylic acids is 1. The second-order valence-corrected chi connectivity index (χ2v) is 4.95. The summed E-state index contributed by atoms with van der Waals surface area (Å²) in [6.07, 6.45) is 0.667. The maximum Gasteiger partial charge on any atom is 0.412 e. The first-order valence-corrected chi connectivity index (χ1v) is 5.86. The van der Waals surface area contributed by atoms with Gasteiger partial charge in [0.1, 0.15) is 5.60 Å². The molecular weight excluding hydrogens is 246 g/mol. The van der Waals surface area contributed by atoms with Crippen LogP contribution < -0.4 is 5.32 Å². The molecule has 2 rings (SSSR count). The van der Waals surface area contributed by atoms with E-state index in [0.717, 1.165) is 17.2 Å². The summed E-state index contributed by atoms with van der Waals surface area (Å²) in [7, 11) is 0. The summed E-state index contributed by atoms with van der Waals surface area (Å²) in [6, 6.07) is 5.37. The number of carbonyl (C=O) groups is 2. The van der Waals surface area contributed by atoms with Gasteiger partial charge in [-0.15, -0.1) is 0 Å². The number of nitrogens with one attached hydrogen (secondary N) is 1. The van der Waals surface area contributed by atoms with Crippen LogP contribution >= 0.6 is 0 Å². The fourth-order valence-electron chi connectivity index (χ4n) is 2.09. The molecule has 100 valence electrons. The van der Waals surface area contributed by atoms with Crippen LogP contribution in [0.25, 0.3) is 5.57 Å². The second kappa shape index (κ2) is 4.42. The van der Waals surface area contributed by atoms with E-state index in [4.69, 9.17) is 9.84 Å². The number of cyclic esters (lactones) is 1. The minimum atomic E-state index is -0.987. The van der Waals surface area contributed by atoms with Crippen molar-refractivity contribution in [3.05, 3.63) is 35.4 Å². The Morgan fingerprint density at radius 3 is 2.74 bits per heavy atom. The van der Waals surface area contributed by atoms with Crippen molar-refractivity contribution < 1.29 is 19.4 Å². The first-order valence-electron chi connectivity index (χ1n) is 5.86. The molecule has 1 aliphatic heterocycles. The monoisotopic (exact) mass is 261 g/mol. The number of allylic oxidation sites excluding steroid dienone is 1. The molecule has 0 aromatic heterocycles. The Morgan fingerprint density at radius 2 is 2.11 bits per heavy atom. The average molecular weight is 261 g/mol. The summed E-state index contributed by atoms with van der Waals surface area (Å²) in [6.45, 7) is 5.32. The van der Waals surface area contributed by atoms with Gasteiger partial charge in [0.25, 0.3) is 0 Å². The minimum Gasteiger partial charge on any atom is -0.478 e. The number of amides is 1. The zero-order valence-corrected chi connectivity index (χ0v) is 11.0. The molecular formula is C14H15NO4. The third kappa shape index (κ3) is 2.59. The highest BCUT2D eigenvalue weighted by Gasteiger charge is 2.33. The van der Waals surface area contributed by atoms with Crippen LogP contribution in [0.3, 0.4) is 0 Å². The van der Waals surface area contributed by atoms with Crippen LogP contribution in [0, 0.1) is 0 Å². The lowest BCUT2D eigenvalue weighted by Crippen LogP contribution is -2.34. The first kappa shape index (κ1) is 13.1. The van der Waals surface area contributed by atoms with Gasteiger partial charge in [-0.1, -0.05) is 6.07 Å². The van der Waals surface area contributed by atoms with Crippen molar-refractivity contribution in [2.45, 2.75) is 26.4 Å². The maximum atomic E-state index is 11.4. The van der Waals surface area contributed by atoms with Gasteiger partial charge in [-0.2, -0.15) is 0 Å². The van der Waals surface area contributed by atoms with Crippen molar-refractivity contribution in [2.75, 3.05) is 5.32 Å². The number of carboxylic acid groups (broad SMARTS) is 1. The van der Waals surface area contributed by atoms with Crippen molar-refractivity contribution in [3.8, 4) is 0 Å². The van der Waals surface area contributed by atoms with Gasteiger partial charge in [0.15, 0.2) is 0 Å². The molecule has 5 heteroatoms. The number of hydrogen-bond donors (Lipinski definition) is 2. The fourth-order valence-corrected chi connectivity index (χ4v) is 2.09. The standard InChI is InChI=1S/C14H15NO4/c1-8(6-12(16)17)9-4-5-11-10(7-9)14(2,3)19-13(18)15-11/h4-7H,1-3H3,(H,15,18)(H,16,17). The van der Waals surface area contributed by atoms with Crippen LogP contribution in [0.4, 0.5) is 10.5 Å². The van der Waals surface area contributed by atoms with Gasteiger partial charge in [-0.3, -0.25) is 5.32 Å². The number of hydrogen-bond acceptors (Lipinski definition) is 3. The highest BCUT2D eigenvalue weighted by molar-refractivity contribution is 5.91. The number of anilines is 1. The van der Waals surface area contributed by atoms with Crippen LogP contribution in [-0.2, 0) is 15.1 Å². The van der Waals surface area contributed by atoms with Crippen molar-refractivity contribution in [2.24, 2.45) is 0 Å². The highest BCUT2D eigenvalue weighted by Crippen LogP contribution is 2.36. The van der Waals surface area contributed by atoms with Crippen molar-refractivity contribution >= 4 is 23.3 Å². The van der Waals surface area contributed by atoms with Crippen LogP contribution in [0.15, 0.2) is 24.3 Å². The normalized spacial score (nSPS) is 17.2. The predicted molar refractivity (Wildman–Crippen MR) is 70.9 cm³/mol. The number of benzene rings is 1. The van der Waals surface area contributed by atoms with Crippen molar-refractivity contribution in [1.82, 2.24) is 0 Å². The molecule has 2 N–H and O–H groups in total. The molecule has 1 aromatic rings. The molecule has 0 radical (unpaired) electrons. The molecule has 0 saturated carbocycles. The number of aliphatic carboxylic acids is 1. The number of carbonyl (C=O) groups excluding carboxylic acids is 1. The molecule has 0 unspecified atom stereocenters. The third-order valence-corrected chi connectivity index (χ3v) is 3.05. The number of rotatable bonds is 2. The van der Waals surface area contributed by atoms with E-state index in [0.29, 0.717) is 11.3 Å². The predicted octanol–water partition coefficient (Wildman–Crippen LogP) is 2.97. The molecule has 0 bridgehead atoms. The molecule has 1 amide bonds. The molecule has 0 atom stereocenters. The summed E-state index contributed by atoms with van der Waals surface area (Å²) in [5.41, 5.74) is 2.20. The van der Waals surface area contributed by atoms with Gasteiger partial charge in [0.2, 0.25) is 0 Å². The lowest BCUT2D eigenvalue weighted by atomic mass is 9.91. The molecule has 0 aliphatic carbocycles. The van der Waals surface area contributed by atoms with E-state index in [-0.39, 0.29) is 0 Å². The fraction of sp³-hybridized carbons (Fsp3) is 0.286. The van der Waals surface area contributed by atoms with Crippen molar-refractivity contribution in [3.63, 3.8) is 0 Å². The molecule has 5 nitrogen and oxygen atoms in total. The Bertz CT molecular complexity index is 587. The molecule has 1 aliphatic rings. The van der Waals surface area contributed by atoms with E-state index in [1.54, 1.807) is 32.9 Å².